The van der Waals surface area contributed by atoms with Crippen molar-refractivity contribution in [2.45, 2.75) is 26.4 Å². The lowest BCUT2D eigenvalue weighted by Crippen LogP contribution is -2.26. The lowest BCUT2D eigenvalue weighted by atomic mass is 10.1. The standard InChI is InChI=1S/C15H22N2/c1-2-16-12-14-7-6-8-15(11-14)13-17-9-4-3-5-10-17/h3-4,6-8,11,16H,2,5,9-10,12-13H2,1H3. The Bertz CT molecular complexity index is 371. The maximum absolute atomic E-state index is 3.37. The van der Waals surface area contributed by atoms with Crippen LogP contribution in [0.3, 0.4) is 0 Å². The molecule has 17 heavy (non-hydrogen) atoms. The van der Waals surface area contributed by atoms with E-state index in [-0.39, 0.29) is 0 Å². The molecule has 0 unspecified atom stereocenters. The van der Waals surface area contributed by atoms with Crippen LogP contribution in [-0.2, 0) is 13.1 Å². The zero-order chi connectivity index (χ0) is 11.9. The van der Waals surface area contributed by atoms with E-state index < -0.39 is 0 Å². The first-order valence-corrected chi connectivity index (χ1v) is 6.54. The Balaban J connectivity index is 1.93. The van der Waals surface area contributed by atoms with Crippen molar-refractivity contribution >= 4 is 0 Å². The van der Waals surface area contributed by atoms with E-state index in [0.29, 0.717) is 0 Å². The van der Waals surface area contributed by atoms with Gasteiger partial charge >= 0.3 is 0 Å². The lowest BCUT2D eigenvalue weighted by molar-refractivity contribution is 0.290. The maximum Gasteiger partial charge on any atom is 0.0237 e. The number of nitrogens with one attached hydrogen (secondary N) is 1. The van der Waals surface area contributed by atoms with E-state index in [1.54, 1.807) is 0 Å². The van der Waals surface area contributed by atoms with Crippen molar-refractivity contribution in [1.29, 1.82) is 0 Å². The number of benzene rings is 1. The van der Waals surface area contributed by atoms with Crippen LogP contribution in [-0.4, -0.2) is 24.5 Å². The van der Waals surface area contributed by atoms with Crippen LogP contribution in [0.15, 0.2) is 36.4 Å². The summed E-state index contributed by atoms with van der Waals surface area (Å²) in [6, 6.07) is 8.92. The summed E-state index contributed by atoms with van der Waals surface area (Å²) in [5, 5.41) is 3.37. The van der Waals surface area contributed by atoms with Gasteiger partial charge in [-0.2, -0.15) is 0 Å². The Kier molecular flexibility index (Phi) is 4.77. The second-order valence-electron chi connectivity index (χ2n) is 4.60. The summed E-state index contributed by atoms with van der Waals surface area (Å²) in [7, 11) is 0. The van der Waals surface area contributed by atoms with Crippen molar-refractivity contribution in [2.24, 2.45) is 0 Å². The molecule has 0 fully saturated rings. The topological polar surface area (TPSA) is 15.3 Å². The highest BCUT2D eigenvalue weighted by molar-refractivity contribution is 5.23. The van der Waals surface area contributed by atoms with Crippen LogP contribution >= 0.6 is 0 Å². The van der Waals surface area contributed by atoms with Gasteiger partial charge in [-0.3, -0.25) is 4.90 Å². The molecule has 1 aliphatic rings. The minimum Gasteiger partial charge on any atom is -0.313 e. The molecule has 0 radical (unpaired) electrons. The highest BCUT2D eigenvalue weighted by Gasteiger charge is 2.06. The Hall–Kier alpha value is -1.12. The zero-order valence-corrected chi connectivity index (χ0v) is 10.7. The summed E-state index contributed by atoms with van der Waals surface area (Å²) in [4.78, 5) is 2.49. The number of nitrogens with zero attached hydrogens (tertiary/aromatic N) is 1. The average molecular weight is 230 g/mol. The van der Waals surface area contributed by atoms with Gasteiger partial charge in [-0.1, -0.05) is 43.3 Å². The fourth-order valence-corrected chi connectivity index (χ4v) is 2.20. The number of rotatable bonds is 5. The molecule has 1 heterocycles. The monoisotopic (exact) mass is 230 g/mol. The van der Waals surface area contributed by atoms with Crippen LogP contribution in [0, 0.1) is 0 Å². The predicted molar refractivity (Wildman–Crippen MR) is 72.9 cm³/mol. The Labute approximate surface area is 104 Å². The third-order valence-electron chi connectivity index (χ3n) is 3.12. The van der Waals surface area contributed by atoms with Crippen molar-refractivity contribution in [3.05, 3.63) is 47.5 Å². The molecule has 0 spiro atoms. The van der Waals surface area contributed by atoms with Gasteiger partial charge < -0.3 is 5.32 Å². The summed E-state index contributed by atoms with van der Waals surface area (Å²) in [6.45, 7) is 7.50. The van der Waals surface area contributed by atoms with Gasteiger partial charge in [0.2, 0.25) is 0 Å². The molecular formula is C15H22N2. The number of hydrogen-bond acceptors (Lipinski definition) is 2. The average Bonchev–Trinajstić information content (AvgIpc) is 2.38. The predicted octanol–water partition coefficient (Wildman–Crippen LogP) is 2.56. The van der Waals surface area contributed by atoms with Gasteiger partial charge in [-0.05, 0) is 24.1 Å². The van der Waals surface area contributed by atoms with E-state index in [0.717, 1.165) is 26.2 Å². The Morgan fingerprint density at radius 2 is 2.12 bits per heavy atom. The molecule has 0 saturated carbocycles. The number of hydrogen-bond donors (Lipinski definition) is 1. The van der Waals surface area contributed by atoms with E-state index in [2.05, 4.69) is 53.6 Å². The highest BCUT2D eigenvalue weighted by Crippen LogP contribution is 2.11. The molecule has 0 aliphatic carbocycles. The third-order valence-corrected chi connectivity index (χ3v) is 3.12. The van der Waals surface area contributed by atoms with Crippen LogP contribution < -0.4 is 5.32 Å². The molecule has 92 valence electrons. The molecule has 2 rings (SSSR count). The molecule has 1 aromatic carbocycles. The van der Waals surface area contributed by atoms with E-state index in [4.69, 9.17) is 0 Å². The molecule has 1 aliphatic heterocycles. The quantitative estimate of drug-likeness (QED) is 0.782. The summed E-state index contributed by atoms with van der Waals surface area (Å²) < 4.78 is 0. The summed E-state index contributed by atoms with van der Waals surface area (Å²) in [5.41, 5.74) is 2.81. The molecule has 1 N–H and O–H groups in total. The van der Waals surface area contributed by atoms with E-state index in [9.17, 15) is 0 Å². The molecule has 0 atom stereocenters. The van der Waals surface area contributed by atoms with Gasteiger partial charge in [0.05, 0.1) is 0 Å². The SMILES string of the molecule is CCNCc1cccc(CN2CC=CCC2)c1. The van der Waals surface area contributed by atoms with E-state index in [1.807, 2.05) is 0 Å². The van der Waals surface area contributed by atoms with Gasteiger partial charge in [0.1, 0.15) is 0 Å². The normalized spacial score (nSPS) is 16.3. The summed E-state index contributed by atoms with van der Waals surface area (Å²) in [6.07, 6.45) is 5.74. The smallest absolute Gasteiger partial charge is 0.0237 e. The first kappa shape index (κ1) is 12.3. The zero-order valence-electron chi connectivity index (χ0n) is 10.7. The van der Waals surface area contributed by atoms with Crippen molar-refractivity contribution in [3.8, 4) is 0 Å². The van der Waals surface area contributed by atoms with Crippen LogP contribution in [0.1, 0.15) is 24.5 Å². The van der Waals surface area contributed by atoms with Crippen LogP contribution in [0.2, 0.25) is 0 Å². The Morgan fingerprint density at radius 1 is 1.24 bits per heavy atom. The molecule has 1 aromatic rings. The minimum atomic E-state index is 0.976. The van der Waals surface area contributed by atoms with Crippen LogP contribution in [0.25, 0.3) is 0 Å². The second-order valence-corrected chi connectivity index (χ2v) is 4.60. The highest BCUT2D eigenvalue weighted by atomic mass is 15.1. The summed E-state index contributed by atoms with van der Waals surface area (Å²) in [5.74, 6) is 0. The fourth-order valence-electron chi connectivity index (χ4n) is 2.20. The molecule has 0 bridgehead atoms. The van der Waals surface area contributed by atoms with Crippen molar-refractivity contribution in [1.82, 2.24) is 10.2 Å². The fraction of sp³-hybridized carbons (Fsp3) is 0.467. The Morgan fingerprint density at radius 3 is 2.88 bits per heavy atom. The van der Waals surface area contributed by atoms with Gasteiger partial charge in [-0.25, -0.2) is 0 Å². The van der Waals surface area contributed by atoms with Gasteiger partial charge in [-0.15, -0.1) is 0 Å². The molecule has 0 amide bonds. The first-order chi connectivity index (χ1) is 8.38. The molecule has 2 nitrogen and oxygen atoms in total. The molecular weight excluding hydrogens is 208 g/mol. The molecule has 0 aromatic heterocycles. The van der Waals surface area contributed by atoms with E-state index >= 15 is 0 Å². The van der Waals surface area contributed by atoms with Gasteiger partial charge in [0, 0.05) is 26.2 Å². The maximum atomic E-state index is 3.37. The largest absolute Gasteiger partial charge is 0.313 e. The van der Waals surface area contributed by atoms with Crippen LogP contribution in [0.5, 0.6) is 0 Å². The van der Waals surface area contributed by atoms with Crippen molar-refractivity contribution in [2.75, 3.05) is 19.6 Å². The van der Waals surface area contributed by atoms with Gasteiger partial charge in [0.25, 0.3) is 0 Å². The van der Waals surface area contributed by atoms with Crippen molar-refractivity contribution in [3.63, 3.8) is 0 Å². The third kappa shape index (κ3) is 3.99. The minimum absolute atomic E-state index is 0.976. The van der Waals surface area contributed by atoms with E-state index in [1.165, 1.54) is 24.1 Å². The van der Waals surface area contributed by atoms with Crippen molar-refractivity contribution < 1.29 is 0 Å². The molecule has 0 saturated heterocycles. The summed E-state index contributed by atoms with van der Waals surface area (Å²) >= 11 is 0. The first-order valence-electron chi connectivity index (χ1n) is 6.54. The van der Waals surface area contributed by atoms with Gasteiger partial charge in [0.15, 0.2) is 0 Å². The van der Waals surface area contributed by atoms with Crippen LogP contribution in [0.4, 0.5) is 0 Å². The second kappa shape index (κ2) is 6.58. The molecule has 2 heteroatoms. The lowest BCUT2D eigenvalue weighted by Gasteiger charge is -2.23.